The first kappa shape index (κ1) is 22.1. The molecule has 1 aliphatic heterocycles. The van der Waals surface area contributed by atoms with Gasteiger partial charge in [-0.2, -0.15) is 10.4 Å². The van der Waals surface area contributed by atoms with Crippen LogP contribution < -0.4 is 10.2 Å². The third-order valence-corrected chi connectivity index (χ3v) is 6.03. The van der Waals surface area contributed by atoms with Gasteiger partial charge in [-0.1, -0.05) is 37.6 Å². The Morgan fingerprint density at radius 1 is 1.22 bits per heavy atom. The average Bonchev–Trinajstić information content (AvgIpc) is 3.28. The molecular formula is C23H26ClN7O. The minimum Gasteiger partial charge on any atom is -0.366 e. The standard InChI is InChI=1S/C23H26ClN7O/c1-15(2)26-13-19(16-3-5-18(24)6-4-16)23(32)31-9-7-30(8-10-31)21-17(11-25)12-27-22-20(21)14-28-29-22/h3-6,12,14-15,19,26H,7-10,13H2,1-2H3,(H,27,28,29)/t19-/m1/s1. The van der Waals surface area contributed by atoms with Crippen LogP contribution in [0.25, 0.3) is 11.0 Å². The normalized spacial score (nSPS) is 15.2. The van der Waals surface area contributed by atoms with Crippen LogP contribution in [0.5, 0.6) is 0 Å². The highest BCUT2D eigenvalue weighted by molar-refractivity contribution is 6.30. The Bertz CT molecular complexity index is 1130. The molecule has 2 aromatic heterocycles. The number of benzene rings is 1. The molecule has 1 aromatic carbocycles. The number of fused-ring (bicyclic) bond motifs is 1. The molecule has 3 heterocycles. The number of halogens is 1. The fraction of sp³-hybridized carbons (Fsp3) is 0.391. The van der Waals surface area contributed by atoms with Gasteiger partial charge >= 0.3 is 0 Å². The van der Waals surface area contributed by atoms with E-state index in [0.717, 1.165) is 16.6 Å². The second kappa shape index (κ2) is 9.55. The zero-order valence-corrected chi connectivity index (χ0v) is 18.9. The molecule has 0 aliphatic carbocycles. The fourth-order valence-electron chi connectivity index (χ4n) is 4.08. The molecule has 1 atom stereocenters. The SMILES string of the molecule is CC(C)NC[C@@H](C(=O)N1CCN(c2c(C#N)cnc3[nH]ncc23)CC1)c1ccc(Cl)cc1. The highest BCUT2D eigenvalue weighted by Gasteiger charge is 2.30. The quantitative estimate of drug-likeness (QED) is 0.597. The highest BCUT2D eigenvalue weighted by atomic mass is 35.5. The molecule has 0 unspecified atom stereocenters. The van der Waals surface area contributed by atoms with Crippen LogP contribution in [0.1, 0.15) is 30.9 Å². The number of anilines is 1. The molecule has 166 valence electrons. The first-order valence-corrected chi connectivity index (χ1v) is 11.1. The lowest BCUT2D eigenvalue weighted by Gasteiger charge is -2.38. The van der Waals surface area contributed by atoms with Crippen LogP contribution in [0.3, 0.4) is 0 Å². The van der Waals surface area contributed by atoms with Crippen LogP contribution in [0.4, 0.5) is 5.69 Å². The first-order chi connectivity index (χ1) is 15.5. The van der Waals surface area contributed by atoms with E-state index >= 15 is 0 Å². The molecular weight excluding hydrogens is 426 g/mol. The maximum absolute atomic E-state index is 13.5. The lowest BCUT2D eigenvalue weighted by Crippen LogP contribution is -2.51. The van der Waals surface area contributed by atoms with Crippen LogP contribution in [-0.2, 0) is 4.79 Å². The molecule has 3 aromatic rings. The molecule has 1 fully saturated rings. The van der Waals surface area contributed by atoms with Crippen LogP contribution >= 0.6 is 11.6 Å². The number of aromatic nitrogens is 3. The van der Waals surface area contributed by atoms with Gasteiger partial charge in [0, 0.05) is 50.0 Å². The van der Waals surface area contributed by atoms with Gasteiger partial charge in [0.15, 0.2) is 5.65 Å². The predicted molar refractivity (Wildman–Crippen MR) is 125 cm³/mol. The Labute approximate surface area is 192 Å². The summed E-state index contributed by atoms with van der Waals surface area (Å²) >= 11 is 6.05. The van der Waals surface area contributed by atoms with Crippen molar-refractivity contribution in [3.63, 3.8) is 0 Å². The minimum absolute atomic E-state index is 0.101. The third-order valence-electron chi connectivity index (χ3n) is 5.78. The van der Waals surface area contributed by atoms with E-state index in [4.69, 9.17) is 11.6 Å². The number of H-pyrrole nitrogens is 1. The van der Waals surface area contributed by atoms with Gasteiger partial charge in [0.25, 0.3) is 0 Å². The summed E-state index contributed by atoms with van der Waals surface area (Å²) in [4.78, 5) is 21.8. The average molecular weight is 452 g/mol. The molecule has 4 rings (SSSR count). The maximum Gasteiger partial charge on any atom is 0.231 e. The number of pyridine rings is 1. The topological polar surface area (TPSA) is 101 Å². The van der Waals surface area contributed by atoms with E-state index in [-0.39, 0.29) is 17.9 Å². The number of hydrogen-bond donors (Lipinski definition) is 2. The van der Waals surface area contributed by atoms with E-state index in [2.05, 4.69) is 45.3 Å². The van der Waals surface area contributed by atoms with E-state index in [1.807, 2.05) is 29.2 Å². The largest absolute Gasteiger partial charge is 0.366 e. The number of nitrogens with zero attached hydrogens (tertiary/aromatic N) is 5. The van der Waals surface area contributed by atoms with Gasteiger partial charge < -0.3 is 15.1 Å². The van der Waals surface area contributed by atoms with Crippen molar-refractivity contribution in [3.05, 3.63) is 52.8 Å². The molecule has 9 heteroatoms. The van der Waals surface area contributed by atoms with E-state index in [9.17, 15) is 10.1 Å². The number of aromatic amines is 1. The number of nitrogens with one attached hydrogen (secondary N) is 2. The van der Waals surface area contributed by atoms with Crippen LogP contribution in [0.2, 0.25) is 5.02 Å². The van der Waals surface area contributed by atoms with Crippen molar-refractivity contribution in [1.29, 1.82) is 5.26 Å². The van der Waals surface area contributed by atoms with Gasteiger partial charge in [-0.05, 0) is 17.7 Å². The molecule has 2 N–H and O–H groups in total. The molecule has 1 aliphatic rings. The van der Waals surface area contributed by atoms with Gasteiger partial charge in [0.1, 0.15) is 6.07 Å². The minimum atomic E-state index is -0.280. The molecule has 0 bridgehead atoms. The molecule has 0 radical (unpaired) electrons. The number of carbonyl (C=O) groups is 1. The smallest absolute Gasteiger partial charge is 0.231 e. The Morgan fingerprint density at radius 2 is 1.94 bits per heavy atom. The van der Waals surface area contributed by atoms with Gasteiger partial charge in [-0.15, -0.1) is 0 Å². The van der Waals surface area contributed by atoms with Gasteiger partial charge in [-0.25, -0.2) is 4.98 Å². The van der Waals surface area contributed by atoms with E-state index in [1.165, 1.54) is 0 Å². The van der Waals surface area contributed by atoms with Crippen LogP contribution in [0, 0.1) is 11.3 Å². The number of nitriles is 1. The van der Waals surface area contributed by atoms with Crippen LogP contribution in [0.15, 0.2) is 36.7 Å². The maximum atomic E-state index is 13.5. The second-order valence-electron chi connectivity index (χ2n) is 8.24. The first-order valence-electron chi connectivity index (χ1n) is 10.7. The molecule has 1 amide bonds. The Kier molecular flexibility index (Phi) is 6.58. The molecule has 0 saturated carbocycles. The van der Waals surface area contributed by atoms with E-state index < -0.39 is 0 Å². The van der Waals surface area contributed by atoms with Gasteiger partial charge in [-0.3, -0.25) is 9.89 Å². The number of hydrogen-bond acceptors (Lipinski definition) is 6. The van der Waals surface area contributed by atoms with Crippen molar-refractivity contribution in [3.8, 4) is 6.07 Å². The molecule has 8 nitrogen and oxygen atoms in total. The van der Waals surface area contributed by atoms with Crippen LogP contribution in [-0.4, -0.2) is 64.8 Å². The monoisotopic (exact) mass is 451 g/mol. The highest BCUT2D eigenvalue weighted by Crippen LogP contribution is 2.29. The number of amides is 1. The summed E-state index contributed by atoms with van der Waals surface area (Å²) in [5.41, 5.74) is 2.95. The number of carbonyl (C=O) groups excluding carboxylic acids is 1. The second-order valence-corrected chi connectivity index (χ2v) is 8.68. The molecule has 1 saturated heterocycles. The third kappa shape index (κ3) is 4.54. The van der Waals surface area contributed by atoms with Crippen molar-refractivity contribution in [2.75, 3.05) is 37.6 Å². The Balaban J connectivity index is 1.51. The summed E-state index contributed by atoms with van der Waals surface area (Å²) in [5.74, 6) is -0.179. The molecule has 0 spiro atoms. The predicted octanol–water partition coefficient (Wildman–Crippen LogP) is 2.91. The Hall–Kier alpha value is -3.15. The summed E-state index contributed by atoms with van der Waals surface area (Å²) < 4.78 is 0. The summed E-state index contributed by atoms with van der Waals surface area (Å²) in [6, 6.07) is 10.0. The summed E-state index contributed by atoms with van der Waals surface area (Å²) in [6.07, 6.45) is 3.27. The summed E-state index contributed by atoms with van der Waals surface area (Å²) in [7, 11) is 0. The van der Waals surface area contributed by atoms with Crippen molar-refractivity contribution >= 4 is 34.2 Å². The zero-order valence-electron chi connectivity index (χ0n) is 18.2. The summed E-state index contributed by atoms with van der Waals surface area (Å²) in [6.45, 7) is 7.14. The van der Waals surface area contributed by atoms with E-state index in [0.29, 0.717) is 49.0 Å². The van der Waals surface area contributed by atoms with Crippen molar-refractivity contribution in [1.82, 2.24) is 25.4 Å². The lowest BCUT2D eigenvalue weighted by atomic mass is 9.96. The molecule has 32 heavy (non-hydrogen) atoms. The number of piperazine rings is 1. The summed E-state index contributed by atoms with van der Waals surface area (Å²) in [5, 5.41) is 21.4. The van der Waals surface area contributed by atoms with Gasteiger partial charge in [0.2, 0.25) is 5.91 Å². The fourth-order valence-corrected chi connectivity index (χ4v) is 4.20. The van der Waals surface area contributed by atoms with Crippen molar-refractivity contribution in [2.24, 2.45) is 0 Å². The van der Waals surface area contributed by atoms with Crippen molar-refractivity contribution < 1.29 is 4.79 Å². The van der Waals surface area contributed by atoms with Gasteiger partial charge in [0.05, 0.1) is 28.8 Å². The van der Waals surface area contributed by atoms with E-state index in [1.54, 1.807) is 12.4 Å². The number of rotatable bonds is 6. The van der Waals surface area contributed by atoms with Crippen molar-refractivity contribution in [2.45, 2.75) is 25.8 Å². The zero-order chi connectivity index (χ0) is 22.7. The Morgan fingerprint density at radius 3 is 2.59 bits per heavy atom. The lowest BCUT2D eigenvalue weighted by molar-refractivity contribution is -0.133.